The van der Waals surface area contributed by atoms with E-state index in [0.717, 1.165) is 10.5 Å². The molecule has 3 heterocycles. The van der Waals surface area contributed by atoms with Crippen LogP contribution in [0.5, 0.6) is 0 Å². The van der Waals surface area contributed by atoms with E-state index < -0.39 is 0 Å². The lowest BCUT2D eigenvalue weighted by molar-refractivity contribution is 0.634. The normalized spacial score (nSPS) is 16.2. The summed E-state index contributed by atoms with van der Waals surface area (Å²) in [5.41, 5.74) is 7.07. The van der Waals surface area contributed by atoms with E-state index in [0.29, 0.717) is 0 Å². The number of anilines is 1. The molecule has 1 aromatic heterocycles. The van der Waals surface area contributed by atoms with Crippen molar-refractivity contribution in [2.75, 3.05) is 18.0 Å². The molecule has 3 aromatic carbocycles. The third-order valence-corrected chi connectivity index (χ3v) is 7.06. The van der Waals surface area contributed by atoms with Gasteiger partial charge in [0.15, 0.2) is 0 Å². The zero-order valence-electron chi connectivity index (χ0n) is 15.8. The van der Waals surface area contributed by atoms with E-state index in [1.807, 2.05) is 0 Å². The summed E-state index contributed by atoms with van der Waals surface area (Å²) in [5, 5.41) is 3.59. The van der Waals surface area contributed by atoms with E-state index in [2.05, 4.69) is 65.6 Å². The Labute approximate surface area is 169 Å². The fraction of sp³-hybridized carbons (Fsp3) is 0.240. The average molecular weight is 383 g/mol. The molecule has 0 radical (unpaired) electrons. The highest BCUT2D eigenvalue weighted by Gasteiger charge is 2.23. The van der Waals surface area contributed by atoms with Gasteiger partial charge in [0.1, 0.15) is 5.01 Å². The van der Waals surface area contributed by atoms with E-state index in [-0.39, 0.29) is 0 Å². The van der Waals surface area contributed by atoms with Crippen LogP contribution in [0, 0.1) is 0 Å². The minimum Gasteiger partial charge on any atom is -0.371 e. The molecule has 138 valence electrons. The summed E-state index contributed by atoms with van der Waals surface area (Å²) in [7, 11) is 0. The summed E-state index contributed by atoms with van der Waals surface area (Å²) >= 11 is 1.78. The van der Waals surface area contributed by atoms with Gasteiger partial charge in [-0.15, -0.1) is 11.3 Å². The summed E-state index contributed by atoms with van der Waals surface area (Å²) in [4.78, 5) is 7.53. The summed E-state index contributed by atoms with van der Waals surface area (Å²) in [6.07, 6.45) is 9.44. The minimum absolute atomic E-state index is 1.08. The second-order valence-corrected chi connectivity index (χ2v) is 8.96. The molecule has 0 saturated heterocycles. The summed E-state index contributed by atoms with van der Waals surface area (Å²) < 4.78 is 1.26. The number of aromatic nitrogens is 1. The third kappa shape index (κ3) is 2.65. The van der Waals surface area contributed by atoms with Gasteiger partial charge in [0, 0.05) is 24.2 Å². The number of hydrogen-bond donors (Lipinski definition) is 0. The molecule has 0 spiro atoms. The molecule has 0 saturated carbocycles. The molecule has 0 N–H and O–H groups in total. The summed E-state index contributed by atoms with van der Waals surface area (Å²) in [6, 6.07) is 17.7. The van der Waals surface area contributed by atoms with Crippen LogP contribution < -0.4 is 4.90 Å². The first-order chi connectivity index (χ1) is 13.8. The van der Waals surface area contributed by atoms with E-state index >= 15 is 0 Å². The van der Waals surface area contributed by atoms with Gasteiger partial charge in [0.25, 0.3) is 0 Å². The van der Waals surface area contributed by atoms with Crippen LogP contribution in [0.25, 0.3) is 33.1 Å². The highest BCUT2D eigenvalue weighted by Crippen LogP contribution is 2.36. The number of benzene rings is 3. The fourth-order valence-electron chi connectivity index (χ4n) is 4.84. The van der Waals surface area contributed by atoms with Crippen LogP contribution >= 0.6 is 11.3 Å². The van der Waals surface area contributed by atoms with Crippen LogP contribution in [0.15, 0.2) is 48.5 Å². The monoisotopic (exact) mass is 382 g/mol. The van der Waals surface area contributed by atoms with E-state index in [9.17, 15) is 0 Å². The van der Waals surface area contributed by atoms with Crippen LogP contribution in [0.3, 0.4) is 0 Å². The molecule has 28 heavy (non-hydrogen) atoms. The Morgan fingerprint density at radius 2 is 1.68 bits per heavy atom. The van der Waals surface area contributed by atoms with Crippen LogP contribution in [0.4, 0.5) is 5.69 Å². The third-order valence-electron chi connectivity index (χ3n) is 6.07. The van der Waals surface area contributed by atoms with E-state index in [1.165, 1.54) is 59.8 Å². The number of rotatable bonds is 2. The van der Waals surface area contributed by atoms with Gasteiger partial charge in [-0.25, -0.2) is 4.98 Å². The highest BCUT2D eigenvalue weighted by atomic mass is 32.1. The smallest absolute Gasteiger partial charge is 0.117 e. The topological polar surface area (TPSA) is 16.1 Å². The van der Waals surface area contributed by atoms with Crippen LogP contribution in [-0.2, 0) is 12.8 Å². The molecule has 0 unspecified atom stereocenters. The largest absolute Gasteiger partial charge is 0.371 e. The Balaban J connectivity index is 1.39. The number of aryl methyl sites for hydroxylation is 2. The molecule has 0 amide bonds. The molecule has 2 aliphatic heterocycles. The van der Waals surface area contributed by atoms with Crippen molar-refractivity contribution in [1.29, 1.82) is 0 Å². The van der Waals surface area contributed by atoms with Gasteiger partial charge in [-0.1, -0.05) is 36.4 Å². The van der Waals surface area contributed by atoms with Crippen molar-refractivity contribution in [3.63, 3.8) is 0 Å². The summed E-state index contributed by atoms with van der Waals surface area (Å²) in [6.45, 7) is 2.46. The average Bonchev–Trinajstić information content (AvgIpc) is 3.16. The van der Waals surface area contributed by atoms with Crippen molar-refractivity contribution >= 4 is 50.2 Å². The van der Waals surface area contributed by atoms with Gasteiger partial charge in [0.05, 0.1) is 10.2 Å². The van der Waals surface area contributed by atoms with Crippen LogP contribution in [0.2, 0.25) is 0 Å². The van der Waals surface area contributed by atoms with Crippen LogP contribution in [0.1, 0.15) is 34.5 Å². The molecule has 0 fully saturated rings. The van der Waals surface area contributed by atoms with Gasteiger partial charge in [0.2, 0.25) is 0 Å². The first-order valence-electron chi connectivity index (χ1n) is 10.2. The van der Waals surface area contributed by atoms with Crippen molar-refractivity contribution in [2.24, 2.45) is 0 Å². The first kappa shape index (κ1) is 16.3. The maximum Gasteiger partial charge on any atom is 0.117 e. The molecule has 2 aliphatic rings. The quantitative estimate of drug-likeness (QED) is 0.403. The Kier molecular flexibility index (Phi) is 3.76. The molecule has 3 heteroatoms. The van der Waals surface area contributed by atoms with Crippen molar-refractivity contribution in [1.82, 2.24) is 4.98 Å². The number of hydrogen-bond acceptors (Lipinski definition) is 3. The standard InChI is InChI=1S/C25H22N2S/c1-2-8-21-18(5-1)10-11-22-24(21)26-23(28-22)12-9-17-15-19-6-3-13-27-14-4-7-20(16-17)25(19)27/h1-2,5,8-12,15-16H,3-4,6-7,13-14H2. The van der Waals surface area contributed by atoms with Crippen molar-refractivity contribution in [3.05, 3.63) is 70.2 Å². The second-order valence-electron chi connectivity index (χ2n) is 7.90. The Morgan fingerprint density at radius 3 is 2.50 bits per heavy atom. The van der Waals surface area contributed by atoms with Gasteiger partial charge >= 0.3 is 0 Å². The second kappa shape index (κ2) is 6.46. The minimum atomic E-state index is 1.08. The van der Waals surface area contributed by atoms with E-state index in [1.54, 1.807) is 28.2 Å². The van der Waals surface area contributed by atoms with E-state index in [4.69, 9.17) is 4.98 Å². The Bertz CT molecular complexity index is 1200. The lowest BCUT2D eigenvalue weighted by atomic mass is 9.90. The molecular formula is C25H22N2S. The predicted molar refractivity (Wildman–Crippen MR) is 121 cm³/mol. The van der Waals surface area contributed by atoms with Gasteiger partial charge in [-0.05, 0) is 72.0 Å². The van der Waals surface area contributed by atoms with Crippen molar-refractivity contribution < 1.29 is 0 Å². The number of nitrogens with zero attached hydrogens (tertiary/aromatic N) is 2. The van der Waals surface area contributed by atoms with Crippen LogP contribution in [-0.4, -0.2) is 18.1 Å². The number of thiazole rings is 1. The molecule has 2 nitrogen and oxygen atoms in total. The predicted octanol–water partition coefficient (Wildman–Crippen LogP) is 6.32. The van der Waals surface area contributed by atoms with Crippen molar-refractivity contribution in [3.8, 4) is 0 Å². The molecular weight excluding hydrogens is 360 g/mol. The maximum absolute atomic E-state index is 4.93. The van der Waals surface area contributed by atoms with Gasteiger partial charge in [-0.3, -0.25) is 0 Å². The molecule has 0 aliphatic carbocycles. The summed E-state index contributed by atoms with van der Waals surface area (Å²) in [5.74, 6) is 0. The maximum atomic E-state index is 4.93. The zero-order chi connectivity index (χ0) is 18.5. The molecule has 0 atom stereocenters. The lowest BCUT2D eigenvalue weighted by Crippen LogP contribution is -2.34. The zero-order valence-corrected chi connectivity index (χ0v) is 16.6. The fourth-order valence-corrected chi connectivity index (χ4v) is 5.73. The Hall–Kier alpha value is -2.65. The van der Waals surface area contributed by atoms with Gasteiger partial charge < -0.3 is 4.90 Å². The molecule has 0 bridgehead atoms. The highest BCUT2D eigenvalue weighted by molar-refractivity contribution is 7.19. The Morgan fingerprint density at radius 1 is 0.893 bits per heavy atom. The lowest BCUT2D eigenvalue weighted by Gasteiger charge is -2.37. The molecule has 6 rings (SSSR count). The van der Waals surface area contributed by atoms with Crippen molar-refractivity contribution in [2.45, 2.75) is 25.7 Å². The number of fused-ring (bicyclic) bond motifs is 3. The SMILES string of the molecule is C(=Cc1nc2c(ccc3ccccc32)s1)c1cc2c3c(c1)CCCN3CCC2. The first-order valence-corrected chi connectivity index (χ1v) is 11.0. The molecule has 4 aromatic rings. The van der Waals surface area contributed by atoms with Gasteiger partial charge in [-0.2, -0.15) is 0 Å².